The maximum absolute atomic E-state index is 10.2. The Hall–Kier alpha value is -1.48. The van der Waals surface area contributed by atoms with Crippen LogP contribution in [0, 0.1) is 0 Å². The number of hydrogen-bond donors (Lipinski definition) is 2. The molecule has 8 nitrogen and oxygen atoms in total. The van der Waals surface area contributed by atoms with Crippen LogP contribution in [0.15, 0.2) is 12.7 Å². The van der Waals surface area contributed by atoms with Crippen LogP contribution in [0.4, 0.5) is 0 Å². The normalized spacial score (nSPS) is 14.3. The Kier molecular flexibility index (Phi) is 25.3. The van der Waals surface area contributed by atoms with Gasteiger partial charge in [-0.15, -0.1) is 6.58 Å². The molecule has 162 valence electrons. The number of nitrogens with zero attached hydrogens (tertiary/aromatic N) is 2. The maximum Gasteiger partial charge on any atom is 0.303 e. The molecule has 27 heavy (non-hydrogen) atoms. The number of morpholine rings is 1. The molecule has 0 aliphatic carbocycles. The molecule has 0 amide bonds. The number of aliphatic carboxylic acids is 2. The molecular weight excluding hydrogens is 352 g/mol. The Morgan fingerprint density at radius 3 is 1.93 bits per heavy atom. The van der Waals surface area contributed by atoms with E-state index in [1.165, 1.54) is 0 Å². The average Bonchev–Trinajstić information content (AvgIpc) is 2.60. The summed E-state index contributed by atoms with van der Waals surface area (Å²) in [5, 5.41) is 16.1. The first-order valence-corrected chi connectivity index (χ1v) is 9.08. The summed E-state index contributed by atoms with van der Waals surface area (Å²) < 4.78 is 10.2. The molecule has 1 atom stereocenters. The second-order valence-corrected chi connectivity index (χ2v) is 6.12. The smallest absolute Gasteiger partial charge is 0.303 e. The third-order valence-corrected chi connectivity index (χ3v) is 3.12. The van der Waals surface area contributed by atoms with Gasteiger partial charge in [0.15, 0.2) is 0 Å². The summed E-state index contributed by atoms with van der Waals surface area (Å²) in [6.45, 7) is 11.6. The van der Waals surface area contributed by atoms with E-state index >= 15 is 0 Å². The zero-order chi connectivity index (χ0) is 21.7. The summed E-state index contributed by atoms with van der Waals surface area (Å²) in [5.41, 5.74) is 0. The first-order valence-electron chi connectivity index (χ1n) is 9.08. The molecule has 0 spiro atoms. The summed E-state index contributed by atoms with van der Waals surface area (Å²) in [6, 6.07) is 0. The standard InChI is InChI=1S/C8H17NO3.C5H11NO.C3H6O2.C3H6/c1-9(2)6-7(12-3)4-5-8(10)11;1-6-2-4-7-5-3-6;1-2-3(4)5;1-3-2/h7H,4-6H2,1-3H3,(H,10,11);2-5H2,1H3;2H2,1H3,(H,4,5);3H,1H2,2H3. The zero-order valence-electron chi connectivity index (χ0n) is 17.9. The lowest BCUT2D eigenvalue weighted by molar-refractivity contribution is -0.138. The number of allylic oxidation sites excluding steroid dienone is 1. The molecule has 0 aromatic carbocycles. The van der Waals surface area contributed by atoms with Crippen molar-refractivity contribution in [3.8, 4) is 0 Å². The van der Waals surface area contributed by atoms with Crippen LogP contribution in [0.3, 0.4) is 0 Å². The lowest BCUT2D eigenvalue weighted by atomic mass is 10.2. The van der Waals surface area contributed by atoms with Crippen molar-refractivity contribution in [3.63, 3.8) is 0 Å². The van der Waals surface area contributed by atoms with Gasteiger partial charge in [0.1, 0.15) is 0 Å². The lowest BCUT2D eigenvalue weighted by Crippen LogP contribution is -2.32. The van der Waals surface area contributed by atoms with Gasteiger partial charge in [-0.05, 0) is 34.5 Å². The molecule has 1 heterocycles. The molecule has 0 saturated carbocycles. The number of likely N-dealkylation sites (N-methyl/N-ethyl adjacent to an activating group) is 2. The van der Waals surface area contributed by atoms with E-state index in [1.54, 1.807) is 20.1 Å². The maximum atomic E-state index is 10.2. The molecule has 0 radical (unpaired) electrons. The van der Waals surface area contributed by atoms with E-state index in [1.807, 2.05) is 25.9 Å². The Morgan fingerprint density at radius 2 is 1.70 bits per heavy atom. The summed E-state index contributed by atoms with van der Waals surface area (Å²) in [4.78, 5) is 23.9. The molecule has 1 unspecified atom stereocenters. The third-order valence-electron chi connectivity index (χ3n) is 3.12. The number of carboxylic acid groups (broad SMARTS) is 2. The first-order chi connectivity index (χ1) is 12.6. The van der Waals surface area contributed by atoms with Crippen molar-refractivity contribution in [1.29, 1.82) is 0 Å². The van der Waals surface area contributed by atoms with Gasteiger partial charge < -0.3 is 29.5 Å². The van der Waals surface area contributed by atoms with Crippen molar-refractivity contribution in [3.05, 3.63) is 12.7 Å². The van der Waals surface area contributed by atoms with Crippen LogP contribution in [-0.2, 0) is 19.1 Å². The number of carboxylic acids is 2. The minimum absolute atomic E-state index is 0.0242. The summed E-state index contributed by atoms with van der Waals surface area (Å²) >= 11 is 0. The van der Waals surface area contributed by atoms with Crippen LogP contribution in [0.2, 0.25) is 0 Å². The molecule has 1 rings (SSSR count). The van der Waals surface area contributed by atoms with Crippen molar-refractivity contribution in [1.82, 2.24) is 9.80 Å². The van der Waals surface area contributed by atoms with Gasteiger partial charge in [0, 0.05) is 39.6 Å². The number of methoxy groups -OCH3 is 1. The Bertz CT molecular complexity index is 358. The molecule has 8 heteroatoms. The quantitative estimate of drug-likeness (QED) is 0.635. The molecule has 1 aliphatic rings. The molecular formula is C19H40N2O6. The van der Waals surface area contributed by atoms with Crippen LogP contribution >= 0.6 is 0 Å². The van der Waals surface area contributed by atoms with Gasteiger partial charge in [-0.25, -0.2) is 0 Å². The second-order valence-electron chi connectivity index (χ2n) is 6.12. The van der Waals surface area contributed by atoms with E-state index in [0.29, 0.717) is 6.42 Å². The minimum atomic E-state index is -0.768. The third kappa shape index (κ3) is 32.6. The van der Waals surface area contributed by atoms with Crippen LogP contribution in [0.1, 0.15) is 33.1 Å². The summed E-state index contributed by atoms with van der Waals surface area (Å²) in [6.07, 6.45) is 2.74. The van der Waals surface area contributed by atoms with Crippen molar-refractivity contribution >= 4 is 11.9 Å². The Balaban J connectivity index is -0.000000324. The number of hydrogen-bond acceptors (Lipinski definition) is 6. The fraction of sp³-hybridized carbons (Fsp3) is 0.789. The first kappa shape index (κ1) is 30.3. The monoisotopic (exact) mass is 392 g/mol. The molecule has 0 bridgehead atoms. The van der Waals surface area contributed by atoms with Crippen LogP contribution < -0.4 is 0 Å². The molecule has 1 fully saturated rings. The molecule has 1 saturated heterocycles. The van der Waals surface area contributed by atoms with Gasteiger partial charge in [-0.2, -0.15) is 0 Å². The van der Waals surface area contributed by atoms with Crippen LogP contribution in [0.5, 0.6) is 0 Å². The highest BCUT2D eigenvalue weighted by Gasteiger charge is 2.10. The molecule has 1 aliphatic heterocycles. The second kappa shape index (κ2) is 22.6. The van der Waals surface area contributed by atoms with E-state index in [0.717, 1.165) is 32.8 Å². The van der Waals surface area contributed by atoms with E-state index in [-0.39, 0.29) is 18.9 Å². The fourth-order valence-corrected chi connectivity index (χ4v) is 1.63. The largest absolute Gasteiger partial charge is 0.481 e. The Morgan fingerprint density at radius 1 is 1.26 bits per heavy atom. The van der Waals surface area contributed by atoms with Crippen molar-refractivity contribution in [2.75, 3.05) is 61.1 Å². The van der Waals surface area contributed by atoms with Crippen molar-refractivity contribution in [2.45, 2.75) is 39.2 Å². The highest BCUT2D eigenvalue weighted by Crippen LogP contribution is 2.02. The van der Waals surface area contributed by atoms with Crippen molar-refractivity contribution in [2.24, 2.45) is 0 Å². The SMILES string of the molecule is C=CC.CCC(=O)O.CN1CCOCC1.COC(CCC(=O)O)CN(C)C. The topological polar surface area (TPSA) is 99.5 Å². The number of ether oxygens (including phenoxy) is 2. The van der Waals surface area contributed by atoms with E-state index in [9.17, 15) is 9.59 Å². The van der Waals surface area contributed by atoms with Gasteiger partial charge in [0.2, 0.25) is 0 Å². The molecule has 0 aromatic rings. The predicted octanol–water partition coefficient (Wildman–Crippen LogP) is 2.05. The average molecular weight is 393 g/mol. The van der Waals surface area contributed by atoms with Crippen LogP contribution in [-0.4, -0.2) is 99.2 Å². The van der Waals surface area contributed by atoms with Gasteiger partial charge in [-0.1, -0.05) is 13.0 Å². The van der Waals surface area contributed by atoms with Crippen molar-refractivity contribution < 1.29 is 29.3 Å². The summed E-state index contributed by atoms with van der Waals surface area (Å²) in [7, 11) is 7.60. The minimum Gasteiger partial charge on any atom is -0.481 e. The summed E-state index contributed by atoms with van der Waals surface area (Å²) in [5.74, 6) is -1.51. The predicted molar refractivity (Wildman–Crippen MR) is 108 cm³/mol. The zero-order valence-corrected chi connectivity index (χ0v) is 17.9. The number of carbonyl (C=O) groups is 2. The molecule has 0 aromatic heterocycles. The highest BCUT2D eigenvalue weighted by molar-refractivity contribution is 5.66. The van der Waals surface area contributed by atoms with Gasteiger partial charge in [-0.3, -0.25) is 9.59 Å². The lowest BCUT2D eigenvalue weighted by Gasteiger charge is -2.21. The number of rotatable bonds is 7. The Labute approximate surface area is 164 Å². The fourth-order valence-electron chi connectivity index (χ4n) is 1.63. The van der Waals surface area contributed by atoms with Crippen LogP contribution in [0.25, 0.3) is 0 Å². The van der Waals surface area contributed by atoms with E-state index in [4.69, 9.17) is 19.7 Å². The highest BCUT2D eigenvalue weighted by atomic mass is 16.5. The van der Waals surface area contributed by atoms with E-state index in [2.05, 4.69) is 18.5 Å². The van der Waals surface area contributed by atoms with E-state index < -0.39 is 11.9 Å². The van der Waals surface area contributed by atoms with Gasteiger partial charge in [0.25, 0.3) is 0 Å². The molecule has 2 N–H and O–H groups in total. The van der Waals surface area contributed by atoms with Gasteiger partial charge in [0.05, 0.1) is 19.3 Å². The van der Waals surface area contributed by atoms with Gasteiger partial charge >= 0.3 is 11.9 Å².